The van der Waals surface area contributed by atoms with Gasteiger partial charge in [0, 0.05) is 13.0 Å². The number of nitrogens with one attached hydrogen (secondary N) is 1. The van der Waals surface area contributed by atoms with Crippen LogP contribution in [0.4, 0.5) is 5.82 Å². The van der Waals surface area contributed by atoms with Gasteiger partial charge in [-0.2, -0.15) is 10.1 Å². The molecular formula is C22H21N5O3. The molecule has 0 atom stereocenters. The van der Waals surface area contributed by atoms with Crippen molar-refractivity contribution in [2.45, 2.75) is 27.0 Å². The number of amides is 1. The lowest BCUT2D eigenvalue weighted by molar-refractivity contribution is 0.102. The number of rotatable bonds is 7. The summed E-state index contributed by atoms with van der Waals surface area (Å²) >= 11 is 0. The fourth-order valence-electron chi connectivity index (χ4n) is 2.94. The van der Waals surface area contributed by atoms with Crippen molar-refractivity contribution in [3.05, 3.63) is 89.2 Å². The highest BCUT2D eigenvalue weighted by molar-refractivity contribution is 6.05. The number of carbonyl (C=O) groups excluding carboxylic acids is 1. The summed E-state index contributed by atoms with van der Waals surface area (Å²) < 4.78 is 12.4. The molecular weight excluding hydrogens is 382 g/mol. The van der Waals surface area contributed by atoms with E-state index in [1.165, 1.54) is 5.56 Å². The van der Waals surface area contributed by atoms with Crippen LogP contribution < -0.4 is 10.1 Å². The summed E-state index contributed by atoms with van der Waals surface area (Å²) in [5, 5.41) is 11.0. The number of anilines is 1. The molecule has 0 aliphatic carbocycles. The van der Waals surface area contributed by atoms with E-state index < -0.39 is 0 Å². The monoisotopic (exact) mass is 403 g/mol. The van der Waals surface area contributed by atoms with Crippen molar-refractivity contribution in [3.63, 3.8) is 0 Å². The van der Waals surface area contributed by atoms with Gasteiger partial charge in [-0.15, -0.1) is 0 Å². The van der Waals surface area contributed by atoms with Crippen LogP contribution in [-0.2, 0) is 13.2 Å². The van der Waals surface area contributed by atoms with Crippen molar-refractivity contribution in [2.75, 3.05) is 5.32 Å². The van der Waals surface area contributed by atoms with E-state index in [0.29, 0.717) is 35.4 Å². The summed E-state index contributed by atoms with van der Waals surface area (Å²) in [6, 6.07) is 17.0. The van der Waals surface area contributed by atoms with Crippen LogP contribution in [0.15, 0.2) is 65.3 Å². The van der Waals surface area contributed by atoms with E-state index in [9.17, 15) is 4.79 Å². The van der Waals surface area contributed by atoms with Gasteiger partial charge in [-0.25, -0.2) is 4.68 Å². The van der Waals surface area contributed by atoms with E-state index in [1.807, 2.05) is 19.1 Å². The number of carbonyl (C=O) groups is 1. The minimum atomic E-state index is -0.291. The molecule has 8 nitrogen and oxygen atoms in total. The molecule has 4 aromatic rings. The Morgan fingerprint density at radius 3 is 2.67 bits per heavy atom. The van der Waals surface area contributed by atoms with E-state index in [4.69, 9.17) is 9.26 Å². The van der Waals surface area contributed by atoms with Crippen LogP contribution in [-0.4, -0.2) is 25.8 Å². The molecule has 0 fully saturated rings. The van der Waals surface area contributed by atoms with E-state index >= 15 is 0 Å². The highest BCUT2D eigenvalue weighted by Crippen LogP contribution is 2.21. The molecule has 0 saturated heterocycles. The Hall–Kier alpha value is -3.94. The molecule has 1 N–H and O–H groups in total. The molecule has 0 saturated carbocycles. The minimum Gasteiger partial charge on any atom is -0.485 e. The van der Waals surface area contributed by atoms with E-state index in [2.05, 4.69) is 32.7 Å². The predicted octanol–water partition coefficient (Wildman–Crippen LogP) is 3.76. The number of nitrogens with zero attached hydrogens (tertiary/aromatic N) is 4. The van der Waals surface area contributed by atoms with Gasteiger partial charge in [0.25, 0.3) is 5.91 Å². The molecule has 30 heavy (non-hydrogen) atoms. The summed E-state index contributed by atoms with van der Waals surface area (Å²) in [6.45, 7) is 4.41. The number of hydrogen-bond donors (Lipinski definition) is 1. The van der Waals surface area contributed by atoms with Crippen LogP contribution in [0.3, 0.4) is 0 Å². The third-order valence-corrected chi connectivity index (χ3v) is 4.47. The standard InChI is InChI=1S/C22H21N5O3/c1-15-7-9-17(10-8-15)13-27-21(11-12-23-27)25-22(28)18-5-3-4-6-19(18)29-14-20-24-16(2)30-26-20/h3-12H,13-14H2,1-2H3,(H,25,28). The average molecular weight is 403 g/mol. The van der Waals surface area contributed by atoms with Gasteiger partial charge in [-0.05, 0) is 24.6 Å². The summed E-state index contributed by atoms with van der Waals surface area (Å²) in [6.07, 6.45) is 1.66. The summed E-state index contributed by atoms with van der Waals surface area (Å²) in [4.78, 5) is 17.0. The number of hydrogen-bond acceptors (Lipinski definition) is 6. The molecule has 1 amide bonds. The fraction of sp³-hybridized carbons (Fsp3) is 0.182. The Morgan fingerprint density at radius 1 is 1.10 bits per heavy atom. The van der Waals surface area contributed by atoms with Crippen molar-refractivity contribution in [2.24, 2.45) is 0 Å². The van der Waals surface area contributed by atoms with Gasteiger partial charge in [0.2, 0.25) is 11.7 Å². The van der Waals surface area contributed by atoms with Gasteiger partial charge in [0.1, 0.15) is 11.6 Å². The number of aryl methyl sites for hydroxylation is 2. The second-order valence-electron chi connectivity index (χ2n) is 6.83. The van der Waals surface area contributed by atoms with Crippen LogP contribution in [0.25, 0.3) is 0 Å². The van der Waals surface area contributed by atoms with E-state index in [-0.39, 0.29) is 12.5 Å². The first-order valence-electron chi connectivity index (χ1n) is 9.48. The minimum absolute atomic E-state index is 0.104. The molecule has 8 heteroatoms. The smallest absolute Gasteiger partial charge is 0.260 e. The van der Waals surface area contributed by atoms with Crippen molar-refractivity contribution in [1.82, 2.24) is 19.9 Å². The summed E-state index contributed by atoms with van der Waals surface area (Å²) in [5.74, 6) is 1.62. The first-order chi connectivity index (χ1) is 14.6. The lowest BCUT2D eigenvalue weighted by atomic mass is 10.1. The normalized spacial score (nSPS) is 10.7. The Kier molecular flexibility index (Phi) is 5.56. The highest BCUT2D eigenvalue weighted by atomic mass is 16.5. The maximum Gasteiger partial charge on any atom is 0.260 e. The van der Waals surface area contributed by atoms with Gasteiger partial charge in [-0.3, -0.25) is 4.79 Å². The Bertz CT molecular complexity index is 1150. The molecule has 2 aromatic carbocycles. The van der Waals surface area contributed by atoms with E-state index in [0.717, 1.165) is 5.56 Å². The number of benzene rings is 2. The first kappa shape index (κ1) is 19.4. The van der Waals surface area contributed by atoms with Gasteiger partial charge in [0.15, 0.2) is 6.61 Å². The molecule has 0 unspecified atom stereocenters. The molecule has 0 aliphatic heterocycles. The van der Waals surface area contributed by atoms with Gasteiger partial charge in [0.05, 0.1) is 18.3 Å². The van der Waals surface area contributed by atoms with Crippen LogP contribution in [0.5, 0.6) is 5.75 Å². The third kappa shape index (κ3) is 4.54. The molecule has 152 valence electrons. The summed E-state index contributed by atoms with van der Waals surface area (Å²) in [5.41, 5.74) is 2.69. The van der Waals surface area contributed by atoms with Crippen LogP contribution in [0, 0.1) is 13.8 Å². The summed E-state index contributed by atoms with van der Waals surface area (Å²) in [7, 11) is 0. The van der Waals surface area contributed by atoms with Crippen molar-refractivity contribution in [3.8, 4) is 5.75 Å². The largest absolute Gasteiger partial charge is 0.485 e. The second kappa shape index (κ2) is 8.60. The molecule has 4 rings (SSSR count). The number of para-hydroxylation sites is 1. The van der Waals surface area contributed by atoms with Crippen molar-refractivity contribution >= 4 is 11.7 Å². The maximum absolute atomic E-state index is 12.9. The van der Waals surface area contributed by atoms with Gasteiger partial charge in [-0.1, -0.05) is 47.1 Å². The highest BCUT2D eigenvalue weighted by Gasteiger charge is 2.15. The third-order valence-electron chi connectivity index (χ3n) is 4.47. The van der Waals surface area contributed by atoms with Gasteiger partial charge >= 0.3 is 0 Å². The van der Waals surface area contributed by atoms with Crippen LogP contribution in [0.2, 0.25) is 0 Å². The van der Waals surface area contributed by atoms with Crippen molar-refractivity contribution < 1.29 is 14.1 Å². The number of aromatic nitrogens is 4. The Balaban J connectivity index is 1.47. The predicted molar refractivity (Wildman–Crippen MR) is 110 cm³/mol. The van der Waals surface area contributed by atoms with E-state index in [1.54, 1.807) is 48.1 Å². The molecule has 2 heterocycles. The van der Waals surface area contributed by atoms with Crippen LogP contribution >= 0.6 is 0 Å². The van der Waals surface area contributed by atoms with Crippen molar-refractivity contribution in [1.29, 1.82) is 0 Å². The second-order valence-corrected chi connectivity index (χ2v) is 6.83. The zero-order valence-electron chi connectivity index (χ0n) is 16.7. The maximum atomic E-state index is 12.9. The SMILES string of the molecule is Cc1ccc(Cn2nccc2NC(=O)c2ccccc2OCc2noc(C)n2)cc1. The Labute approximate surface area is 173 Å². The first-order valence-corrected chi connectivity index (χ1v) is 9.48. The van der Waals surface area contributed by atoms with Gasteiger partial charge < -0.3 is 14.6 Å². The zero-order chi connectivity index (χ0) is 20.9. The zero-order valence-corrected chi connectivity index (χ0v) is 16.7. The average Bonchev–Trinajstić information content (AvgIpc) is 3.37. The molecule has 2 aromatic heterocycles. The quantitative estimate of drug-likeness (QED) is 0.505. The number of ether oxygens (including phenoxy) is 1. The molecule has 0 aliphatic rings. The topological polar surface area (TPSA) is 95.1 Å². The molecule has 0 radical (unpaired) electrons. The lowest BCUT2D eigenvalue weighted by Crippen LogP contribution is -2.17. The molecule has 0 spiro atoms. The van der Waals surface area contributed by atoms with Crippen LogP contribution in [0.1, 0.15) is 33.2 Å². The molecule has 0 bridgehead atoms. The fourth-order valence-corrected chi connectivity index (χ4v) is 2.94. The lowest BCUT2D eigenvalue weighted by Gasteiger charge is -2.12. The Morgan fingerprint density at radius 2 is 1.90 bits per heavy atom.